The van der Waals surface area contributed by atoms with Gasteiger partial charge >= 0.3 is 5.97 Å². The van der Waals surface area contributed by atoms with Gasteiger partial charge in [-0.05, 0) is 6.07 Å². The van der Waals surface area contributed by atoms with Crippen LogP contribution in [0.3, 0.4) is 0 Å². The molecule has 1 fully saturated rings. The smallest absolute Gasteiger partial charge is 0.339 e. The van der Waals surface area contributed by atoms with Gasteiger partial charge in [0.15, 0.2) is 0 Å². The molecule has 98 valence electrons. The van der Waals surface area contributed by atoms with Crippen LogP contribution < -0.4 is 11.1 Å². The standard InChI is InChI=1S/C11H15N3O4/c12-7-3-9(11(15)16)10(13-4-7)14-5-8-6-17-1-2-18-8/h3-4,8H,1-2,5-6,12H2,(H,13,14)(H,15,16). The molecule has 18 heavy (non-hydrogen) atoms. The number of pyridine rings is 1. The van der Waals surface area contributed by atoms with E-state index in [2.05, 4.69) is 10.3 Å². The summed E-state index contributed by atoms with van der Waals surface area (Å²) in [6, 6.07) is 1.37. The van der Waals surface area contributed by atoms with Gasteiger partial charge < -0.3 is 25.6 Å². The molecule has 0 spiro atoms. The fraction of sp³-hybridized carbons (Fsp3) is 0.455. The number of carbonyl (C=O) groups is 1. The summed E-state index contributed by atoms with van der Waals surface area (Å²) in [5.74, 6) is -0.788. The van der Waals surface area contributed by atoms with Crippen molar-refractivity contribution < 1.29 is 19.4 Å². The molecule has 0 radical (unpaired) electrons. The number of carboxylic acid groups (broad SMARTS) is 1. The van der Waals surface area contributed by atoms with Gasteiger partial charge in [-0.25, -0.2) is 9.78 Å². The molecule has 0 aromatic carbocycles. The molecule has 1 unspecified atom stereocenters. The Kier molecular flexibility index (Phi) is 3.96. The van der Waals surface area contributed by atoms with Crippen molar-refractivity contribution in [1.29, 1.82) is 0 Å². The van der Waals surface area contributed by atoms with E-state index in [1.54, 1.807) is 0 Å². The van der Waals surface area contributed by atoms with Crippen LogP contribution in [0.4, 0.5) is 11.5 Å². The topological polar surface area (TPSA) is 107 Å². The average molecular weight is 253 g/mol. The van der Waals surface area contributed by atoms with Crippen LogP contribution in [-0.2, 0) is 9.47 Å². The predicted octanol–water partition coefficient (Wildman–Crippen LogP) is 0.189. The van der Waals surface area contributed by atoms with E-state index < -0.39 is 5.97 Å². The molecule has 0 saturated carbocycles. The zero-order valence-electron chi connectivity index (χ0n) is 9.76. The first-order valence-electron chi connectivity index (χ1n) is 5.59. The van der Waals surface area contributed by atoms with Crippen molar-refractivity contribution in [1.82, 2.24) is 4.98 Å². The van der Waals surface area contributed by atoms with Gasteiger partial charge in [0.05, 0.1) is 37.8 Å². The van der Waals surface area contributed by atoms with Gasteiger partial charge in [-0.2, -0.15) is 0 Å². The van der Waals surface area contributed by atoms with Gasteiger partial charge in [-0.1, -0.05) is 0 Å². The summed E-state index contributed by atoms with van der Waals surface area (Å²) in [6.45, 7) is 2.08. The van der Waals surface area contributed by atoms with Crippen molar-refractivity contribution in [3.63, 3.8) is 0 Å². The van der Waals surface area contributed by atoms with E-state index >= 15 is 0 Å². The van der Waals surface area contributed by atoms with E-state index in [1.807, 2.05) is 0 Å². The molecule has 0 aliphatic carbocycles. The second kappa shape index (κ2) is 5.65. The molecule has 4 N–H and O–H groups in total. The van der Waals surface area contributed by atoms with Crippen molar-refractivity contribution in [3.8, 4) is 0 Å². The minimum absolute atomic E-state index is 0.0479. The molecule has 1 saturated heterocycles. The highest BCUT2D eigenvalue weighted by Crippen LogP contribution is 2.16. The number of rotatable bonds is 4. The molecule has 2 rings (SSSR count). The van der Waals surface area contributed by atoms with E-state index in [0.29, 0.717) is 32.1 Å². The number of anilines is 2. The lowest BCUT2D eigenvalue weighted by Crippen LogP contribution is -2.34. The summed E-state index contributed by atoms with van der Waals surface area (Å²) < 4.78 is 10.7. The van der Waals surface area contributed by atoms with Crippen molar-refractivity contribution in [3.05, 3.63) is 17.8 Å². The summed E-state index contributed by atoms with van der Waals surface area (Å²) >= 11 is 0. The molecule has 1 aromatic rings. The fourth-order valence-electron chi connectivity index (χ4n) is 1.65. The second-order valence-electron chi connectivity index (χ2n) is 3.92. The lowest BCUT2D eigenvalue weighted by Gasteiger charge is -2.23. The zero-order valence-corrected chi connectivity index (χ0v) is 9.76. The lowest BCUT2D eigenvalue weighted by molar-refractivity contribution is -0.0819. The Morgan fingerprint density at radius 2 is 2.44 bits per heavy atom. The third kappa shape index (κ3) is 3.08. The molecule has 1 aromatic heterocycles. The number of aromatic nitrogens is 1. The first kappa shape index (κ1) is 12.6. The number of ether oxygens (including phenoxy) is 2. The summed E-state index contributed by atoms with van der Waals surface area (Å²) in [4.78, 5) is 15.0. The van der Waals surface area contributed by atoms with E-state index in [4.69, 9.17) is 20.3 Å². The van der Waals surface area contributed by atoms with Crippen LogP contribution in [0.25, 0.3) is 0 Å². The van der Waals surface area contributed by atoms with Crippen LogP contribution in [0.2, 0.25) is 0 Å². The number of nitrogens with one attached hydrogen (secondary N) is 1. The molecule has 1 aliphatic rings. The number of hydrogen-bond acceptors (Lipinski definition) is 6. The number of aromatic carboxylic acids is 1. The van der Waals surface area contributed by atoms with Crippen LogP contribution in [0.1, 0.15) is 10.4 Å². The summed E-state index contributed by atoms with van der Waals surface area (Å²) in [5, 5.41) is 12.0. The Morgan fingerprint density at radius 3 is 3.11 bits per heavy atom. The maximum atomic E-state index is 11.0. The van der Waals surface area contributed by atoms with Gasteiger partial charge in [0.2, 0.25) is 0 Å². The number of nitrogens with zero attached hydrogens (tertiary/aromatic N) is 1. The van der Waals surface area contributed by atoms with Crippen LogP contribution in [0.5, 0.6) is 0 Å². The highest BCUT2D eigenvalue weighted by molar-refractivity contribution is 5.94. The first-order valence-corrected chi connectivity index (χ1v) is 5.59. The Bertz CT molecular complexity index is 432. The number of nitrogens with two attached hydrogens (primary N) is 1. The van der Waals surface area contributed by atoms with Gasteiger partial charge in [0, 0.05) is 6.54 Å². The third-order valence-electron chi connectivity index (χ3n) is 2.52. The number of hydrogen-bond donors (Lipinski definition) is 3. The number of carboxylic acids is 1. The Hall–Kier alpha value is -1.86. The second-order valence-corrected chi connectivity index (χ2v) is 3.92. The van der Waals surface area contributed by atoms with Crippen LogP contribution in [-0.4, -0.2) is 48.5 Å². The van der Waals surface area contributed by atoms with Crippen molar-refractivity contribution in [2.75, 3.05) is 37.4 Å². The third-order valence-corrected chi connectivity index (χ3v) is 2.52. The van der Waals surface area contributed by atoms with E-state index in [9.17, 15) is 4.79 Å². The van der Waals surface area contributed by atoms with Crippen LogP contribution >= 0.6 is 0 Å². The average Bonchev–Trinajstić information content (AvgIpc) is 2.38. The minimum Gasteiger partial charge on any atom is -0.478 e. The summed E-state index contributed by atoms with van der Waals surface area (Å²) in [6.07, 6.45) is 1.31. The predicted molar refractivity (Wildman–Crippen MR) is 64.7 cm³/mol. The number of nitrogen functional groups attached to an aromatic ring is 1. The Labute approximate surface area is 104 Å². The SMILES string of the molecule is Nc1cnc(NCC2COCCO2)c(C(=O)O)c1. The largest absolute Gasteiger partial charge is 0.478 e. The van der Waals surface area contributed by atoms with Crippen molar-refractivity contribution >= 4 is 17.5 Å². The van der Waals surface area contributed by atoms with E-state index in [1.165, 1.54) is 12.3 Å². The minimum atomic E-state index is -1.07. The first-order chi connectivity index (χ1) is 8.66. The highest BCUT2D eigenvalue weighted by atomic mass is 16.6. The van der Waals surface area contributed by atoms with Gasteiger partial charge in [-0.3, -0.25) is 0 Å². The van der Waals surface area contributed by atoms with Crippen LogP contribution in [0.15, 0.2) is 12.3 Å². The van der Waals surface area contributed by atoms with Crippen LogP contribution in [0, 0.1) is 0 Å². The van der Waals surface area contributed by atoms with Gasteiger partial charge in [0.25, 0.3) is 0 Å². The summed E-state index contributed by atoms with van der Waals surface area (Å²) in [7, 11) is 0. The molecule has 1 aliphatic heterocycles. The quantitative estimate of drug-likeness (QED) is 0.703. The molecule has 7 nitrogen and oxygen atoms in total. The monoisotopic (exact) mass is 253 g/mol. The van der Waals surface area contributed by atoms with Crippen molar-refractivity contribution in [2.45, 2.75) is 6.10 Å². The van der Waals surface area contributed by atoms with E-state index in [0.717, 1.165) is 0 Å². The zero-order chi connectivity index (χ0) is 13.0. The normalized spacial score (nSPS) is 19.4. The van der Waals surface area contributed by atoms with Gasteiger partial charge in [-0.15, -0.1) is 0 Å². The van der Waals surface area contributed by atoms with Gasteiger partial charge in [0.1, 0.15) is 11.4 Å². The molecule has 0 bridgehead atoms. The lowest BCUT2D eigenvalue weighted by atomic mass is 10.2. The molecular formula is C11H15N3O4. The molecule has 2 heterocycles. The molecule has 1 atom stereocenters. The molecule has 0 amide bonds. The Morgan fingerprint density at radius 1 is 1.61 bits per heavy atom. The fourth-order valence-corrected chi connectivity index (χ4v) is 1.65. The Balaban J connectivity index is 2.01. The maximum Gasteiger partial charge on any atom is 0.339 e. The van der Waals surface area contributed by atoms with Crippen molar-refractivity contribution in [2.24, 2.45) is 0 Å². The molecular weight excluding hydrogens is 238 g/mol. The maximum absolute atomic E-state index is 11.0. The highest BCUT2D eigenvalue weighted by Gasteiger charge is 2.17. The summed E-state index contributed by atoms with van der Waals surface area (Å²) in [5.41, 5.74) is 5.87. The van der Waals surface area contributed by atoms with E-state index in [-0.39, 0.29) is 17.5 Å². The molecule has 7 heteroatoms.